The molecule has 0 aliphatic rings. The van der Waals surface area contributed by atoms with E-state index in [0.717, 1.165) is 49.1 Å². The van der Waals surface area contributed by atoms with E-state index < -0.39 is 0 Å². The van der Waals surface area contributed by atoms with Crippen LogP contribution in [0.5, 0.6) is 0 Å². The summed E-state index contributed by atoms with van der Waals surface area (Å²) in [6.45, 7) is 0. The van der Waals surface area contributed by atoms with E-state index >= 15 is 0 Å². The average Bonchev–Trinajstić information content (AvgIpc) is 3.68. The summed E-state index contributed by atoms with van der Waals surface area (Å²) in [6.07, 6.45) is 7.56. The zero-order chi connectivity index (χ0) is 36.3. The normalized spacial score (nSPS) is 11.6. The Morgan fingerprint density at radius 3 is 1.45 bits per heavy atom. The molecule has 11 aromatic rings. The number of hydrogen-bond acceptors (Lipinski definition) is 4. The maximum absolute atomic E-state index is 5.36. The van der Waals surface area contributed by atoms with Gasteiger partial charge in [-0.05, 0) is 84.9 Å². The molecule has 4 heteroatoms. The molecule has 0 aliphatic carbocycles. The van der Waals surface area contributed by atoms with Crippen molar-refractivity contribution in [3.8, 4) is 54.4 Å². The van der Waals surface area contributed by atoms with Gasteiger partial charge in [0, 0.05) is 67.4 Å². The quantitative estimate of drug-likeness (QED) is 0.166. The maximum Gasteiger partial charge on any atom is 0.0803 e. The lowest BCUT2D eigenvalue weighted by Crippen LogP contribution is -1.90. The van der Waals surface area contributed by atoms with Gasteiger partial charge in [0.15, 0.2) is 0 Å². The third kappa shape index (κ3) is 5.22. The first-order valence-electron chi connectivity index (χ1n) is 18.5. The Morgan fingerprint density at radius 2 is 0.818 bits per heavy atom. The molecule has 55 heavy (non-hydrogen) atoms. The molecule has 0 amide bonds. The molecule has 0 spiro atoms. The minimum Gasteiger partial charge on any atom is -0.264 e. The topological polar surface area (TPSA) is 38.7 Å². The van der Waals surface area contributed by atoms with Crippen LogP contribution in [-0.2, 0) is 0 Å². The fraction of sp³-hybridized carbons (Fsp3) is 0. The fourth-order valence-corrected chi connectivity index (χ4v) is 9.56. The van der Waals surface area contributed by atoms with Crippen molar-refractivity contribution in [2.45, 2.75) is 0 Å². The number of pyridine rings is 3. The van der Waals surface area contributed by atoms with Gasteiger partial charge in [-0.15, -0.1) is 11.3 Å². The van der Waals surface area contributed by atoms with Crippen LogP contribution in [0.3, 0.4) is 0 Å². The van der Waals surface area contributed by atoms with E-state index in [0.29, 0.717) is 0 Å². The molecule has 0 saturated carbocycles. The van der Waals surface area contributed by atoms with Gasteiger partial charge < -0.3 is 0 Å². The molecule has 7 aromatic carbocycles. The van der Waals surface area contributed by atoms with E-state index in [-0.39, 0.29) is 0 Å². The zero-order valence-electron chi connectivity index (χ0n) is 29.6. The van der Waals surface area contributed by atoms with E-state index in [1.807, 2.05) is 36.9 Å². The van der Waals surface area contributed by atoms with Crippen LogP contribution in [0, 0.1) is 0 Å². The summed E-state index contributed by atoms with van der Waals surface area (Å²) in [6, 6.07) is 59.0. The molecule has 0 unspecified atom stereocenters. The molecule has 256 valence electrons. The Bertz CT molecular complexity index is 3210. The monoisotopic (exact) mass is 717 g/mol. The van der Waals surface area contributed by atoms with Crippen molar-refractivity contribution in [1.29, 1.82) is 0 Å². The van der Waals surface area contributed by atoms with E-state index in [1.54, 1.807) is 11.3 Å². The van der Waals surface area contributed by atoms with Crippen LogP contribution in [0.25, 0.3) is 108 Å². The van der Waals surface area contributed by atoms with Crippen molar-refractivity contribution in [2.24, 2.45) is 0 Å². The molecule has 4 heterocycles. The second kappa shape index (κ2) is 12.8. The van der Waals surface area contributed by atoms with Crippen molar-refractivity contribution < 1.29 is 0 Å². The Balaban J connectivity index is 1.04. The molecule has 3 nitrogen and oxygen atoms in total. The highest BCUT2D eigenvalue weighted by Crippen LogP contribution is 2.49. The highest BCUT2D eigenvalue weighted by Gasteiger charge is 2.22. The number of para-hydroxylation sites is 1. The number of hydrogen-bond donors (Lipinski definition) is 0. The zero-order valence-corrected chi connectivity index (χ0v) is 30.5. The Labute approximate surface area is 321 Å². The molecule has 0 bridgehead atoms. The molecular formula is C51H31N3S. The molecular weight excluding hydrogens is 687 g/mol. The first kappa shape index (κ1) is 31.5. The van der Waals surface area contributed by atoms with E-state index in [4.69, 9.17) is 4.98 Å². The maximum atomic E-state index is 5.36. The van der Waals surface area contributed by atoms with Crippen LogP contribution in [0.4, 0.5) is 0 Å². The van der Waals surface area contributed by atoms with Crippen LogP contribution >= 0.6 is 11.3 Å². The van der Waals surface area contributed by atoms with Gasteiger partial charge >= 0.3 is 0 Å². The summed E-state index contributed by atoms with van der Waals surface area (Å²) in [4.78, 5) is 16.7. The molecule has 0 N–H and O–H groups in total. The third-order valence-electron chi connectivity index (χ3n) is 10.8. The van der Waals surface area contributed by atoms with Gasteiger partial charge in [0.05, 0.1) is 11.2 Å². The van der Waals surface area contributed by atoms with Gasteiger partial charge in [0.1, 0.15) is 0 Å². The van der Waals surface area contributed by atoms with Gasteiger partial charge in [-0.2, -0.15) is 0 Å². The van der Waals surface area contributed by atoms with Crippen LogP contribution < -0.4 is 0 Å². The Kier molecular flexibility index (Phi) is 7.35. The summed E-state index contributed by atoms with van der Waals surface area (Å²) >= 11 is 1.78. The van der Waals surface area contributed by atoms with Gasteiger partial charge in [-0.3, -0.25) is 9.97 Å². The number of thiophene rings is 1. The predicted molar refractivity (Wildman–Crippen MR) is 232 cm³/mol. The predicted octanol–water partition coefficient (Wildman–Crippen LogP) is 14.0. The second-order valence-electron chi connectivity index (χ2n) is 14.0. The van der Waals surface area contributed by atoms with Crippen LogP contribution in [0.2, 0.25) is 0 Å². The van der Waals surface area contributed by atoms with E-state index in [9.17, 15) is 0 Å². The summed E-state index contributed by atoms with van der Waals surface area (Å²) in [5, 5.41) is 11.2. The standard InChI is InChI=1S/C51H31N3S/c1-2-16-41-39(14-1)40-15-3-4-17-42(40)45-29-36(24-25-43(41)45)35-11-7-10-34(28-35)32-20-22-33(23-21-32)49-48-47(44-18-5-6-19-46(44)54-49)50(37-12-8-26-52-30-37)55-51(48)38-13-9-27-53-31-38/h1-31H. The summed E-state index contributed by atoms with van der Waals surface area (Å²) in [5.74, 6) is 0. The number of aromatic nitrogens is 3. The van der Waals surface area contributed by atoms with E-state index in [2.05, 4.69) is 162 Å². The van der Waals surface area contributed by atoms with Crippen molar-refractivity contribution in [3.05, 3.63) is 189 Å². The molecule has 0 aliphatic heterocycles. The largest absolute Gasteiger partial charge is 0.264 e. The van der Waals surface area contributed by atoms with Crippen molar-refractivity contribution >= 4 is 65.3 Å². The lowest BCUT2D eigenvalue weighted by atomic mass is 9.91. The second-order valence-corrected chi connectivity index (χ2v) is 15.0. The minimum atomic E-state index is 0.968. The molecule has 4 aromatic heterocycles. The molecule has 0 fully saturated rings. The number of rotatable bonds is 5. The minimum absolute atomic E-state index is 0.968. The SMILES string of the molecule is c1cc(-c2ccc(-c3nc4ccccc4c4c(-c5cccnc5)sc(-c5cccnc5)c34)cc2)cc(-c2ccc3c4ccccc4c4ccccc4c3c2)c1. The summed E-state index contributed by atoms with van der Waals surface area (Å²) in [5.41, 5.74) is 9.93. The molecule has 0 saturated heterocycles. The lowest BCUT2D eigenvalue weighted by Gasteiger charge is -2.13. The number of fused-ring (bicyclic) bond motifs is 9. The van der Waals surface area contributed by atoms with Crippen LogP contribution in [0.15, 0.2) is 189 Å². The summed E-state index contributed by atoms with van der Waals surface area (Å²) < 4.78 is 0. The molecule has 0 atom stereocenters. The lowest BCUT2D eigenvalue weighted by molar-refractivity contribution is 1.34. The average molecular weight is 718 g/mol. The van der Waals surface area contributed by atoms with Crippen LogP contribution in [0.1, 0.15) is 0 Å². The summed E-state index contributed by atoms with van der Waals surface area (Å²) in [7, 11) is 0. The van der Waals surface area contributed by atoms with Gasteiger partial charge in [0.2, 0.25) is 0 Å². The number of benzene rings is 7. The van der Waals surface area contributed by atoms with Crippen molar-refractivity contribution in [2.75, 3.05) is 0 Å². The Hall–Kier alpha value is -7.01. The van der Waals surface area contributed by atoms with Gasteiger partial charge in [-0.1, -0.05) is 133 Å². The fourth-order valence-electron chi connectivity index (χ4n) is 8.27. The first-order valence-corrected chi connectivity index (χ1v) is 19.3. The van der Waals surface area contributed by atoms with Crippen LogP contribution in [-0.4, -0.2) is 15.0 Å². The van der Waals surface area contributed by atoms with Crippen molar-refractivity contribution in [1.82, 2.24) is 15.0 Å². The smallest absolute Gasteiger partial charge is 0.0803 e. The number of nitrogens with zero attached hydrogens (tertiary/aromatic N) is 3. The Morgan fingerprint density at radius 1 is 0.327 bits per heavy atom. The molecule has 11 rings (SSSR count). The highest BCUT2D eigenvalue weighted by molar-refractivity contribution is 7.21. The third-order valence-corrected chi connectivity index (χ3v) is 12.1. The van der Waals surface area contributed by atoms with Gasteiger partial charge in [0.25, 0.3) is 0 Å². The first-order chi connectivity index (χ1) is 27.3. The molecule has 0 radical (unpaired) electrons. The van der Waals surface area contributed by atoms with Crippen molar-refractivity contribution in [3.63, 3.8) is 0 Å². The van der Waals surface area contributed by atoms with E-state index in [1.165, 1.54) is 59.3 Å². The highest BCUT2D eigenvalue weighted by atomic mass is 32.1. The van der Waals surface area contributed by atoms with Gasteiger partial charge in [-0.25, -0.2) is 4.98 Å².